The third-order valence-corrected chi connectivity index (χ3v) is 3.14. The summed E-state index contributed by atoms with van der Waals surface area (Å²) in [5.41, 5.74) is 1.01. The molecule has 0 aliphatic carbocycles. The normalized spacial score (nSPS) is 10.4. The summed E-state index contributed by atoms with van der Waals surface area (Å²) in [6, 6.07) is 10.4. The molecule has 5 heteroatoms. The van der Waals surface area contributed by atoms with E-state index in [2.05, 4.69) is 9.97 Å². The Hall–Kier alpha value is -2.46. The summed E-state index contributed by atoms with van der Waals surface area (Å²) in [6.07, 6.45) is 3.92. The number of nitrogens with zero attached hydrogens (tertiary/aromatic N) is 2. The molecule has 0 saturated carbocycles. The number of hydrogen-bond donors (Lipinski definition) is 0. The number of fused-ring (bicyclic) bond motifs is 1. The number of pyridine rings is 2. The van der Waals surface area contributed by atoms with Crippen molar-refractivity contribution in [3.05, 3.63) is 59.4 Å². The molecule has 0 aliphatic rings. The fourth-order valence-electron chi connectivity index (χ4n) is 1.88. The molecule has 3 rings (SSSR count). The zero-order valence-electron chi connectivity index (χ0n) is 10.3. The third-order valence-electron chi connectivity index (χ3n) is 2.81. The van der Waals surface area contributed by atoms with Crippen LogP contribution in [0.3, 0.4) is 0 Å². The van der Waals surface area contributed by atoms with Crippen LogP contribution in [0.25, 0.3) is 10.9 Å². The lowest BCUT2D eigenvalue weighted by atomic mass is 10.2. The van der Waals surface area contributed by atoms with E-state index < -0.39 is 0 Å². The fourth-order valence-corrected chi connectivity index (χ4v) is 2.09. The number of hydrogen-bond acceptors (Lipinski definition) is 4. The second-order valence-electron chi connectivity index (χ2n) is 4.06. The van der Waals surface area contributed by atoms with Crippen molar-refractivity contribution in [1.82, 2.24) is 9.97 Å². The van der Waals surface area contributed by atoms with Gasteiger partial charge < -0.3 is 4.74 Å². The number of ether oxygens (including phenoxy) is 1. The van der Waals surface area contributed by atoms with Gasteiger partial charge in [0.15, 0.2) is 12.0 Å². The largest absolute Gasteiger partial charge is 0.436 e. The number of aromatic nitrogens is 2. The van der Waals surface area contributed by atoms with Gasteiger partial charge in [0.05, 0.1) is 10.6 Å². The highest BCUT2D eigenvalue weighted by Gasteiger charge is 2.10. The maximum Gasteiger partial charge on any atom is 0.229 e. The number of halogens is 1. The average Bonchev–Trinajstić information content (AvgIpc) is 2.51. The lowest BCUT2D eigenvalue weighted by Crippen LogP contribution is -1.94. The zero-order chi connectivity index (χ0) is 13.9. The highest BCUT2D eigenvalue weighted by molar-refractivity contribution is 6.35. The van der Waals surface area contributed by atoms with Gasteiger partial charge in [-0.05, 0) is 36.4 Å². The van der Waals surface area contributed by atoms with E-state index >= 15 is 0 Å². The highest BCUT2D eigenvalue weighted by atomic mass is 35.5. The van der Waals surface area contributed by atoms with Gasteiger partial charge in [-0.3, -0.25) is 9.78 Å². The van der Waals surface area contributed by atoms with E-state index in [1.165, 1.54) is 0 Å². The number of rotatable bonds is 3. The van der Waals surface area contributed by atoms with Crippen LogP contribution in [0, 0.1) is 0 Å². The van der Waals surface area contributed by atoms with E-state index in [-0.39, 0.29) is 5.88 Å². The third kappa shape index (κ3) is 2.21. The molecule has 20 heavy (non-hydrogen) atoms. The van der Waals surface area contributed by atoms with Gasteiger partial charge in [-0.1, -0.05) is 11.6 Å². The summed E-state index contributed by atoms with van der Waals surface area (Å²) in [4.78, 5) is 19.3. The van der Waals surface area contributed by atoms with Gasteiger partial charge in [-0.15, -0.1) is 0 Å². The minimum atomic E-state index is 0.247. The molecule has 4 nitrogen and oxygen atoms in total. The average molecular weight is 285 g/mol. The molecule has 0 atom stereocenters. The van der Waals surface area contributed by atoms with Gasteiger partial charge in [0, 0.05) is 17.8 Å². The first-order chi connectivity index (χ1) is 9.79. The molecular formula is C15H9ClN2O2. The minimum absolute atomic E-state index is 0.247. The summed E-state index contributed by atoms with van der Waals surface area (Å²) >= 11 is 6.12. The van der Waals surface area contributed by atoms with Crippen molar-refractivity contribution in [3.63, 3.8) is 0 Å². The van der Waals surface area contributed by atoms with Gasteiger partial charge in [0.2, 0.25) is 5.88 Å². The molecule has 0 bridgehead atoms. The van der Waals surface area contributed by atoms with Crippen LogP contribution >= 0.6 is 11.6 Å². The standard InChI is InChI=1S/C15H9ClN2O2/c16-12-5-6-13(14-11(12)4-2-7-17-14)20-15-10(9-19)3-1-8-18-15/h1-9H. The van der Waals surface area contributed by atoms with Crippen molar-refractivity contribution in [2.24, 2.45) is 0 Å². The minimum Gasteiger partial charge on any atom is -0.436 e. The number of benzene rings is 1. The van der Waals surface area contributed by atoms with E-state index in [0.29, 0.717) is 28.1 Å². The lowest BCUT2D eigenvalue weighted by molar-refractivity contribution is 0.112. The Balaban J connectivity index is 2.12. The smallest absolute Gasteiger partial charge is 0.229 e. The molecule has 0 saturated heterocycles. The van der Waals surface area contributed by atoms with Crippen LogP contribution in [0.4, 0.5) is 0 Å². The molecule has 2 heterocycles. The predicted octanol–water partition coefficient (Wildman–Crippen LogP) is 3.89. The summed E-state index contributed by atoms with van der Waals surface area (Å²) in [6.45, 7) is 0. The maximum atomic E-state index is 11.0. The monoisotopic (exact) mass is 284 g/mol. The quantitative estimate of drug-likeness (QED) is 0.685. The van der Waals surface area contributed by atoms with E-state index in [0.717, 1.165) is 5.39 Å². The first kappa shape index (κ1) is 12.6. The molecule has 0 unspecified atom stereocenters. The topological polar surface area (TPSA) is 52.1 Å². The highest BCUT2D eigenvalue weighted by Crippen LogP contribution is 2.32. The van der Waals surface area contributed by atoms with Gasteiger partial charge in [-0.25, -0.2) is 4.98 Å². The fraction of sp³-hybridized carbons (Fsp3) is 0. The maximum absolute atomic E-state index is 11.0. The lowest BCUT2D eigenvalue weighted by Gasteiger charge is -2.09. The number of carbonyl (C=O) groups is 1. The summed E-state index contributed by atoms with van der Waals surface area (Å²) < 4.78 is 5.71. The molecule has 0 spiro atoms. The van der Waals surface area contributed by atoms with Crippen molar-refractivity contribution in [1.29, 1.82) is 0 Å². The van der Waals surface area contributed by atoms with E-state index in [4.69, 9.17) is 16.3 Å². The van der Waals surface area contributed by atoms with Crippen LogP contribution in [0.15, 0.2) is 48.8 Å². The molecule has 0 aliphatic heterocycles. The van der Waals surface area contributed by atoms with Crippen LogP contribution in [-0.2, 0) is 0 Å². The molecule has 0 N–H and O–H groups in total. The van der Waals surface area contributed by atoms with Gasteiger partial charge in [-0.2, -0.15) is 0 Å². The van der Waals surface area contributed by atoms with Crippen molar-refractivity contribution >= 4 is 28.8 Å². The van der Waals surface area contributed by atoms with Crippen LogP contribution in [0.5, 0.6) is 11.6 Å². The molecule has 0 radical (unpaired) electrons. The Morgan fingerprint density at radius 2 is 1.85 bits per heavy atom. The number of aldehydes is 1. The van der Waals surface area contributed by atoms with Crippen LogP contribution in [0.1, 0.15) is 10.4 Å². The van der Waals surface area contributed by atoms with Crippen molar-refractivity contribution in [3.8, 4) is 11.6 Å². The first-order valence-corrected chi connectivity index (χ1v) is 6.28. The van der Waals surface area contributed by atoms with Crippen molar-refractivity contribution < 1.29 is 9.53 Å². The Labute approximate surface area is 120 Å². The van der Waals surface area contributed by atoms with E-state index in [1.54, 1.807) is 42.7 Å². The van der Waals surface area contributed by atoms with E-state index in [9.17, 15) is 4.79 Å². The molecule has 1 aromatic carbocycles. The summed E-state index contributed by atoms with van der Waals surface area (Å²) in [5, 5.41) is 1.38. The summed E-state index contributed by atoms with van der Waals surface area (Å²) in [5.74, 6) is 0.753. The Bertz CT molecular complexity index is 790. The van der Waals surface area contributed by atoms with Crippen molar-refractivity contribution in [2.75, 3.05) is 0 Å². The van der Waals surface area contributed by atoms with Crippen molar-refractivity contribution in [2.45, 2.75) is 0 Å². The molecule has 3 aromatic rings. The molecular weight excluding hydrogens is 276 g/mol. The number of carbonyl (C=O) groups excluding carboxylic acids is 1. The SMILES string of the molecule is O=Cc1cccnc1Oc1ccc(Cl)c2cccnc12. The molecule has 98 valence electrons. The Morgan fingerprint density at radius 3 is 2.70 bits per heavy atom. The first-order valence-electron chi connectivity index (χ1n) is 5.91. The van der Waals surface area contributed by atoms with Gasteiger partial charge >= 0.3 is 0 Å². The van der Waals surface area contributed by atoms with Gasteiger partial charge in [0.25, 0.3) is 0 Å². The zero-order valence-corrected chi connectivity index (χ0v) is 11.0. The predicted molar refractivity (Wildman–Crippen MR) is 76.5 cm³/mol. The molecule has 2 aromatic heterocycles. The van der Waals surface area contributed by atoms with Gasteiger partial charge in [0.1, 0.15) is 5.52 Å². The molecule has 0 fully saturated rings. The van der Waals surface area contributed by atoms with Crippen LogP contribution in [-0.4, -0.2) is 16.3 Å². The second kappa shape index (κ2) is 5.27. The summed E-state index contributed by atoms with van der Waals surface area (Å²) in [7, 11) is 0. The van der Waals surface area contributed by atoms with Crippen LogP contribution < -0.4 is 4.74 Å². The molecule has 0 amide bonds. The second-order valence-corrected chi connectivity index (χ2v) is 4.47. The van der Waals surface area contributed by atoms with E-state index in [1.807, 2.05) is 6.07 Å². The Kier molecular flexibility index (Phi) is 3.31. The van der Waals surface area contributed by atoms with Crippen LogP contribution in [0.2, 0.25) is 5.02 Å². The Morgan fingerprint density at radius 1 is 1.05 bits per heavy atom.